The molecule has 0 bridgehead atoms. The summed E-state index contributed by atoms with van der Waals surface area (Å²) < 4.78 is 41.3. The number of hydrogen-bond donors (Lipinski definition) is 2. The predicted molar refractivity (Wildman–Crippen MR) is 117 cm³/mol. The molecule has 0 atom stereocenters. The zero-order chi connectivity index (χ0) is 22.1. The molecule has 0 aliphatic carbocycles. The fraction of sp³-hybridized carbons (Fsp3) is 0.174. The summed E-state index contributed by atoms with van der Waals surface area (Å²) in [6.07, 6.45) is 0. The lowest BCUT2D eigenvalue weighted by Crippen LogP contribution is -2.16. The molecule has 0 aliphatic rings. The Labute approximate surface area is 176 Å². The Morgan fingerprint density at radius 2 is 1.53 bits per heavy atom. The second-order valence-electron chi connectivity index (χ2n) is 7.33. The van der Waals surface area contributed by atoms with E-state index in [2.05, 4.69) is 10.0 Å². The zero-order valence-electron chi connectivity index (χ0n) is 17.2. The Hall–Kier alpha value is -3.19. The van der Waals surface area contributed by atoms with E-state index in [1.165, 1.54) is 24.3 Å². The number of hydrogen-bond acceptors (Lipinski definition) is 3. The zero-order valence-corrected chi connectivity index (χ0v) is 18.0. The minimum absolute atomic E-state index is 0.189. The Bertz CT molecular complexity index is 1210. The number of amides is 1. The molecule has 7 heteroatoms. The summed E-state index contributed by atoms with van der Waals surface area (Å²) >= 11 is 0. The van der Waals surface area contributed by atoms with Crippen molar-refractivity contribution in [2.75, 3.05) is 10.0 Å². The molecule has 156 valence electrons. The number of sulfonamides is 1. The highest BCUT2D eigenvalue weighted by molar-refractivity contribution is 7.92. The molecule has 0 heterocycles. The molecule has 0 spiro atoms. The van der Waals surface area contributed by atoms with Crippen LogP contribution in [0.5, 0.6) is 0 Å². The third-order valence-corrected chi connectivity index (χ3v) is 6.13. The van der Waals surface area contributed by atoms with Gasteiger partial charge in [-0.25, -0.2) is 12.8 Å². The molecule has 5 nitrogen and oxygen atoms in total. The van der Waals surface area contributed by atoms with Gasteiger partial charge in [0.15, 0.2) is 0 Å². The highest BCUT2D eigenvalue weighted by atomic mass is 32.2. The number of carbonyl (C=O) groups excluding carboxylic acids is 1. The Morgan fingerprint density at radius 3 is 2.17 bits per heavy atom. The number of anilines is 2. The summed E-state index contributed by atoms with van der Waals surface area (Å²) in [4.78, 5) is 12.5. The van der Waals surface area contributed by atoms with E-state index in [-0.39, 0.29) is 16.5 Å². The van der Waals surface area contributed by atoms with Crippen molar-refractivity contribution in [3.05, 3.63) is 88.2 Å². The monoisotopic (exact) mass is 426 g/mol. The van der Waals surface area contributed by atoms with E-state index in [1.54, 1.807) is 19.1 Å². The van der Waals surface area contributed by atoms with Crippen molar-refractivity contribution in [3.63, 3.8) is 0 Å². The van der Waals surface area contributed by atoms with Gasteiger partial charge in [-0.2, -0.15) is 0 Å². The molecule has 2 N–H and O–H groups in total. The van der Waals surface area contributed by atoms with Crippen LogP contribution >= 0.6 is 0 Å². The minimum Gasteiger partial charge on any atom is -0.322 e. The van der Waals surface area contributed by atoms with Gasteiger partial charge in [-0.3, -0.25) is 9.52 Å². The molecule has 0 saturated heterocycles. The first-order valence-electron chi connectivity index (χ1n) is 9.35. The third-order valence-electron chi connectivity index (χ3n) is 4.75. The van der Waals surface area contributed by atoms with E-state index in [0.717, 1.165) is 28.4 Å². The molecule has 3 aromatic rings. The lowest BCUT2D eigenvalue weighted by Gasteiger charge is -2.14. The third kappa shape index (κ3) is 4.68. The standard InChI is InChI=1S/C23H23FN2O3S/c1-14-10-16(3)22(17(4)11-14)25-23(27)18-6-5-7-19(12-18)26-30(28,29)20-9-8-15(2)21(24)13-20/h5-13,26H,1-4H3,(H,25,27). The lowest BCUT2D eigenvalue weighted by molar-refractivity contribution is 0.102. The average Bonchev–Trinajstić information content (AvgIpc) is 2.66. The fourth-order valence-electron chi connectivity index (χ4n) is 3.24. The molecular weight excluding hydrogens is 403 g/mol. The van der Waals surface area contributed by atoms with Crippen molar-refractivity contribution < 1.29 is 17.6 Å². The second-order valence-corrected chi connectivity index (χ2v) is 9.01. The van der Waals surface area contributed by atoms with Crippen LogP contribution in [0.15, 0.2) is 59.5 Å². The lowest BCUT2D eigenvalue weighted by atomic mass is 10.0. The summed E-state index contributed by atoms with van der Waals surface area (Å²) in [5.74, 6) is -0.956. The van der Waals surface area contributed by atoms with Crippen molar-refractivity contribution in [1.29, 1.82) is 0 Å². The van der Waals surface area contributed by atoms with Gasteiger partial charge in [-0.05, 0) is 74.7 Å². The Kier molecular flexibility index (Phi) is 5.94. The van der Waals surface area contributed by atoms with Crippen LogP contribution in [0.25, 0.3) is 0 Å². The van der Waals surface area contributed by atoms with Crippen molar-refractivity contribution in [3.8, 4) is 0 Å². The van der Waals surface area contributed by atoms with Crippen LogP contribution in [0.3, 0.4) is 0 Å². The fourth-order valence-corrected chi connectivity index (χ4v) is 4.30. The molecule has 3 rings (SSSR count). The Balaban J connectivity index is 1.84. The molecule has 1 amide bonds. The quantitative estimate of drug-likeness (QED) is 0.595. The van der Waals surface area contributed by atoms with Gasteiger partial charge in [0.1, 0.15) is 5.82 Å². The molecule has 0 saturated carbocycles. The molecule has 0 unspecified atom stereocenters. The molecule has 0 aliphatic heterocycles. The van der Waals surface area contributed by atoms with Crippen molar-refractivity contribution in [2.45, 2.75) is 32.6 Å². The maximum Gasteiger partial charge on any atom is 0.261 e. The highest BCUT2D eigenvalue weighted by Gasteiger charge is 2.17. The van der Waals surface area contributed by atoms with E-state index >= 15 is 0 Å². The van der Waals surface area contributed by atoms with Crippen molar-refractivity contribution >= 4 is 27.3 Å². The van der Waals surface area contributed by atoms with Gasteiger partial charge in [0, 0.05) is 16.9 Å². The van der Waals surface area contributed by atoms with Crippen LogP contribution < -0.4 is 10.0 Å². The Morgan fingerprint density at radius 1 is 0.867 bits per heavy atom. The number of aryl methyl sites for hydroxylation is 4. The van der Waals surface area contributed by atoms with E-state index in [1.807, 2.05) is 32.9 Å². The second kappa shape index (κ2) is 8.28. The summed E-state index contributed by atoms with van der Waals surface area (Å²) in [7, 11) is -3.99. The SMILES string of the molecule is Cc1cc(C)c(NC(=O)c2cccc(NS(=O)(=O)c3ccc(C)c(F)c3)c2)c(C)c1. The normalized spacial score (nSPS) is 11.2. The minimum atomic E-state index is -3.99. The van der Waals surface area contributed by atoms with Gasteiger partial charge in [-0.1, -0.05) is 29.8 Å². The molecule has 30 heavy (non-hydrogen) atoms. The largest absolute Gasteiger partial charge is 0.322 e. The van der Waals surface area contributed by atoms with Gasteiger partial charge in [-0.15, -0.1) is 0 Å². The van der Waals surface area contributed by atoms with Crippen LogP contribution in [-0.2, 0) is 10.0 Å². The first-order chi connectivity index (χ1) is 14.1. The molecular formula is C23H23FN2O3S. The smallest absolute Gasteiger partial charge is 0.261 e. The van der Waals surface area contributed by atoms with Crippen LogP contribution in [0.1, 0.15) is 32.6 Å². The van der Waals surface area contributed by atoms with Crippen molar-refractivity contribution in [1.82, 2.24) is 0 Å². The van der Waals surface area contributed by atoms with E-state index in [0.29, 0.717) is 11.1 Å². The predicted octanol–water partition coefficient (Wildman–Crippen LogP) is 5.11. The van der Waals surface area contributed by atoms with Crippen molar-refractivity contribution in [2.24, 2.45) is 0 Å². The van der Waals surface area contributed by atoms with E-state index in [4.69, 9.17) is 0 Å². The van der Waals surface area contributed by atoms with Gasteiger partial charge < -0.3 is 5.32 Å². The van der Waals surface area contributed by atoms with Crippen LogP contribution in [-0.4, -0.2) is 14.3 Å². The van der Waals surface area contributed by atoms with Crippen LogP contribution in [0.4, 0.5) is 15.8 Å². The van der Waals surface area contributed by atoms with Gasteiger partial charge in [0.25, 0.3) is 15.9 Å². The number of nitrogens with one attached hydrogen (secondary N) is 2. The van der Waals surface area contributed by atoms with Gasteiger partial charge in [0.05, 0.1) is 4.90 Å². The molecule has 0 radical (unpaired) electrons. The van der Waals surface area contributed by atoms with Gasteiger partial charge in [0.2, 0.25) is 0 Å². The molecule has 3 aromatic carbocycles. The average molecular weight is 427 g/mol. The number of benzene rings is 3. The highest BCUT2D eigenvalue weighted by Crippen LogP contribution is 2.24. The summed E-state index contributed by atoms with van der Waals surface area (Å²) in [6, 6.07) is 13.8. The number of carbonyl (C=O) groups is 1. The first-order valence-corrected chi connectivity index (χ1v) is 10.8. The molecule has 0 aromatic heterocycles. The summed E-state index contributed by atoms with van der Waals surface area (Å²) in [5, 5.41) is 2.89. The molecule has 0 fully saturated rings. The maximum absolute atomic E-state index is 13.8. The van der Waals surface area contributed by atoms with Crippen LogP contribution in [0.2, 0.25) is 0 Å². The first kappa shape index (κ1) is 21.5. The maximum atomic E-state index is 13.8. The summed E-state index contributed by atoms with van der Waals surface area (Å²) in [5.41, 5.74) is 4.58. The van der Waals surface area contributed by atoms with E-state index in [9.17, 15) is 17.6 Å². The van der Waals surface area contributed by atoms with E-state index < -0.39 is 15.8 Å². The van der Waals surface area contributed by atoms with Gasteiger partial charge >= 0.3 is 0 Å². The number of rotatable bonds is 5. The summed E-state index contributed by atoms with van der Waals surface area (Å²) in [6.45, 7) is 7.38. The van der Waals surface area contributed by atoms with Crippen LogP contribution in [0, 0.1) is 33.5 Å². The number of halogens is 1. The topological polar surface area (TPSA) is 75.3 Å².